The zero-order valence-electron chi connectivity index (χ0n) is 19.5. The van der Waals surface area contributed by atoms with Gasteiger partial charge in [-0.15, -0.1) is 0 Å². The average molecular weight is 455 g/mol. The van der Waals surface area contributed by atoms with E-state index >= 15 is 0 Å². The SMILES string of the molecule is CC(C)[Si](OC1C(=O)N(C(=O)OC(C)(C)C)C1c1ccc(Cl)cn1)(C(C)C)C(C)C. The van der Waals surface area contributed by atoms with E-state index in [1.807, 2.05) is 0 Å². The predicted octanol–water partition coefficient (Wildman–Crippen LogP) is 6.11. The highest BCUT2D eigenvalue weighted by Gasteiger charge is 2.59. The summed E-state index contributed by atoms with van der Waals surface area (Å²) in [7, 11) is -2.35. The highest BCUT2D eigenvalue weighted by atomic mass is 35.5. The van der Waals surface area contributed by atoms with Crippen LogP contribution in [0.5, 0.6) is 0 Å². The summed E-state index contributed by atoms with van der Waals surface area (Å²) in [5.41, 5.74) is 0.765. The van der Waals surface area contributed by atoms with Crippen LogP contribution in [0.15, 0.2) is 18.3 Å². The number of carbonyl (C=O) groups excluding carboxylic acids is 2. The Kier molecular flexibility index (Phi) is 7.42. The molecule has 1 fully saturated rings. The summed E-state index contributed by atoms with van der Waals surface area (Å²) in [4.78, 5) is 31.5. The molecule has 6 nitrogen and oxygen atoms in total. The van der Waals surface area contributed by atoms with Gasteiger partial charge in [-0.1, -0.05) is 53.1 Å². The van der Waals surface area contributed by atoms with E-state index in [1.54, 1.807) is 32.9 Å². The van der Waals surface area contributed by atoms with Crippen LogP contribution in [-0.2, 0) is 14.0 Å². The van der Waals surface area contributed by atoms with Crippen molar-refractivity contribution in [3.63, 3.8) is 0 Å². The fourth-order valence-electron chi connectivity index (χ4n) is 4.57. The minimum atomic E-state index is -2.35. The van der Waals surface area contributed by atoms with Gasteiger partial charge in [-0.25, -0.2) is 9.69 Å². The van der Waals surface area contributed by atoms with E-state index in [0.717, 1.165) is 4.90 Å². The first-order valence-corrected chi connectivity index (χ1v) is 13.1. The molecule has 0 aliphatic carbocycles. The van der Waals surface area contributed by atoms with E-state index in [-0.39, 0.29) is 5.91 Å². The van der Waals surface area contributed by atoms with Crippen LogP contribution >= 0.6 is 11.6 Å². The average Bonchev–Trinajstić information content (AvgIpc) is 2.58. The number of pyridine rings is 1. The molecule has 0 radical (unpaired) electrons. The number of carbonyl (C=O) groups is 2. The monoisotopic (exact) mass is 454 g/mol. The van der Waals surface area contributed by atoms with E-state index < -0.39 is 32.2 Å². The lowest BCUT2D eigenvalue weighted by Crippen LogP contribution is -2.66. The van der Waals surface area contributed by atoms with Gasteiger partial charge in [0, 0.05) is 6.20 Å². The number of halogens is 1. The molecule has 0 spiro atoms. The van der Waals surface area contributed by atoms with E-state index in [9.17, 15) is 9.59 Å². The van der Waals surface area contributed by atoms with Crippen LogP contribution in [0.2, 0.25) is 21.6 Å². The maximum Gasteiger partial charge on any atom is 0.417 e. The minimum Gasteiger partial charge on any atom is -0.443 e. The molecular formula is C22H35ClN2O4Si. The lowest BCUT2D eigenvalue weighted by molar-refractivity contribution is -0.163. The maximum atomic E-state index is 13.2. The van der Waals surface area contributed by atoms with Gasteiger partial charge in [0.25, 0.3) is 5.91 Å². The third-order valence-electron chi connectivity index (χ3n) is 5.73. The number of aromatic nitrogens is 1. The summed E-state index contributed by atoms with van der Waals surface area (Å²) in [5.74, 6) is -0.371. The standard InChI is InChI=1S/C22H35ClN2O4Si/c1-13(2)30(14(3)4,15(5)6)29-19-18(17-11-10-16(23)12-24-17)25(20(19)26)21(27)28-22(7,8)9/h10-15,18-19H,1-9H3. The summed E-state index contributed by atoms with van der Waals surface area (Å²) >= 11 is 6.00. The molecule has 0 saturated carbocycles. The van der Waals surface area contributed by atoms with E-state index in [2.05, 4.69) is 46.5 Å². The Morgan fingerprint density at radius 3 is 2.03 bits per heavy atom. The zero-order valence-corrected chi connectivity index (χ0v) is 21.3. The molecular weight excluding hydrogens is 420 g/mol. The van der Waals surface area contributed by atoms with Crippen LogP contribution in [0.1, 0.15) is 74.0 Å². The second-order valence-electron chi connectivity index (χ2n) is 9.89. The number of β-lactam (4-membered cyclic amide) rings is 1. The largest absolute Gasteiger partial charge is 0.443 e. The second-order valence-corrected chi connectivity index (χ2v) is 15.7. The lowest BCUT2D eigenvalue weighted by Gasteiger charge is -2.51. The summed E-state index contributed by atoms with van der Waals surface area (Å²) < 4.78 is 12.2. The summed E-state index contributed by atoms with van der Waals surface area (Å²) in [6, 6.07) is 2.80. The highest BCUT2D eigenvalue weighted by molar-refractivity contribution is 6.77. The predicted molar refractivity (Wildman–Crippen MR) is 121 cm³/mol. The molecule has 0 aromatic carbocycles. The van der Waals surface area contributed by atoms with Crippen LogP contribution in [-0.4, -0.2) is 41.9 Å². The molecule has 2 amide bonds. The molecule has 0 bridgehead atoms. The molecule has 1 aliphatic heterocycles. The number of hydrogen-bond acceptors (Lipinski definition) is 5. The van der Waals surface area contributed by atoms with Crippen molar-refractivity contribution in [2.24, 2.45) is 0 Å². The van der Waals surface area contributed by atoms with Gasteiger partial charge < -0.3 is 9.16 Å². The van der Waals surface area contributed by atoms with Crippen molar-refractivity contribution < 1.29 is 18.8 Å². The van der Waals surface area contributed by atoms with Gasteiger partial charge in [0.2, 0.25) is 8.32 Å². The van der Waals surface area contributed by atoms with Crippen molar-refractivity contribution in [3.05, 3.63) is 29.0 Å². The Labute approximate surface area is 186 Å². The van der Waals surface area contributed by atoms with Gasteiger partial charge in [0.1, 0.15) is 11.6 Å². The maximum absolute atomic E-state index is 13.2. The van der Waals surface area contributed by atoms with Crippen LogP contribution in [0.4, 0.5) is 4.79 Å². The second kappa shape index (κ2) is 8.97. The third-order valence-corrected chi connectivity index (χ3v) is 12.0. The first kappa shape index (κ1) is 24.8. The van der Waals surface area contributed by atoms with Crippen LogP contribution < -0.4 is 0 Å². The molecule has 1 aromatic heterocycles. The minimum absolute atomic E-state index is 0.305. The topological polar surface area (TPSA) is 68.7 Å². The number of likely N-dealkylation sites (tertiary alicyclic amines) is 1. The Morgan fingerprint density at radius 1 is 1.10 bits per heavy atom. The molecule has 2 rings (SSSR count). The van der Waals surface area contributed by atoms with Crippen molar-refractivity contribution in [2.45, 2.75) is 96.7 Å². The fourth-order valence-corrected chi connectivity index (χ4v) is 10.2. The normalized spacial score (nSPS) is 20.2. The van der Waals surface area contributed by atoms with Gasteiger partial charge in [-0.05, 0) is 49.5 Å². The van der Waals surface area contributed by atoms with Crippen LogP contribution in [0.3, 0.4) is 0 Å². The zero-order chi connectivity index (χ0) is 23.0. The number of amides is 2. The van der Waals surface area contributed by atoms with Gasteiger partial charge in [0.05, 0.1) is 10.7 Å². The summed E-state index contributed by atoms with van der Waals surface area (Å²) in [6.07, 6.45) is 0.0762. The first-order chi connectivity index (χ1) is 13.7. The van der Waals surface area contributed by atoms with Crippen molar-refractivity contribution in [2.75, 3.05) is 0 Å². The Hall–Kier alpha value is -1.44. The molecule has 1 aromatic rings. The Bertz CT molecular complexity index is 753. The molecule has 168 valence electrons. The van der Waals surface area contributed by atoms with Crippen LogP contribution in [0, 0.1) is 0 Å². The molecule has 2 unspecified atom stereocenters. The molecule has 2 atom stereocenters. The van der Waals surface area contributed by atoms with Crippen molar-refractivity contribution in [1.29, 1.82) is 0 Å². The number of ether oxygens (including phenoxy) is 1. The molecule has 1 aliphatic rings. The van der Waals surface area contributed by atoms with Gasteiger partial charge in [0.15, 0.2) is 6.10 Å². The molecule has 2 heterocycles. The van der Waals surface area contributed by atoms with Crippen molar-refractivity contribution in [1.82, 2.24) is 9.88 Å². The summed E-state index contributed by atoms with van der Waals surface area (Å²) in [6.45, 7) is 18.3. The smallest absolute Gasteiger partial charge is 0.417 e. The van der Waals surface area contributed by atoms with Gasteiger partial charge in [-0.2, -0.15) is 0 Å². The Morgan fingerprint density at radius 2 is 1.63 bits per heavy atom. The number of imide groups is 1. The van der Waals surface area contributed by atoms with Crippen molar-refractivity contribution >= 4 is 31.9 Å². The molecule has 0 N–H and O–H groups in total. The van der Waals surface area contributed by atoms with Crippen LogP contribution in [0.25, 0.3) is 0 Å². The van der Waals surface area contributed by atoms with E-state index in [0.29, 0.717) is 27.3 Å². The fraction of sp³-hybridized carbons (Fsp3) is 0.682. The quantitative estimate of drug-likeness (QED) is 0.382. The summed E-state index contributed by atoms with van der Waals surface area (Å²) in [5, 5.41) is 0.487. The highest BCUT2D eigenvalue weighted by Crippen LogP contribution is 2.47. The van der Waals surface area contributed by atoms with E-state index in [4.69, 9.17) is 20.8 Å². The first-order valence-electron chi connectivity index (χ1n) is 10.6. The number of rotatable bonds is 6. The van der Waals surface area contributed by atoms with Gasteiger partial charge in [-0.3, -0.25) is 9.78 Å². The molecule has 1 saturated heterocycles. The lowest BCUT2D eigenvalue weighted by atomic mass is 9.95. The van der Waals surface area contributed by atoms with E-state index in [1.165, 1.54) is 6.20 Å². The Balaban J connectivity index is 2.46. The van der Waals surface area contributed by atoms with Crippen molar-refractivity contribution in [3.8, 4) is 0 Å². The molecule has 8 heteroatoms. The molecule has 30 heavy (non-hydrogen) atoms. The third kappa shape index (κ3) is 4.73. The number of nitrogens with zero attached hydrogens (tertiary/aromatic N) is 2. The van der Waals surface area contributed by atoms with Gasteiger partial charge >= 0.3 is 6.09 Å². The number of hydrogen-bond donors (Lipinski definition) is 0.